The van der Waals surface area contributed by atoms with Crippen molar-refractivity contribution in [2.45, 2.75) is 57.4 Å². The van der Waals surface area contributed by atoms with Crippen LogP contribution in [0.1, 0.15) is 57.1 Å². The smallest absolute Gasteiger partial charge is 0.169 e. The molecule has 1 saturated carbocycles. The molecule has 1 aromatic heterocycles. The Morgan fingerprint density at radius 2 is 2.10 bits per heavy atom. The number of fused-ring (bicyclic) bond motifs is 1. The fraction of sp³-hybridized carbons (Fsp3) is 0.556. The predicted octanol–water partition coefficient (Wildman–Crippen LogP) is 4.99. The number of benzene rings is 1. The van der Waals surface area contributed by atoms with Gasteiger partial charge in [0.2, 0.25) is 0 Å². The molecular weight excluding hydrogens is 265 g/mol. The standard InChI is InChI=1S/C18H24FNO/c1-2-11-20-16-10-5-3-4-8-14(16)17-12-13-7-6-9-15(19)18(13)21-17/h6-7,9,12,14,16,20H,2-5,8,10-11H2,1H3. The van der Waals surface area contributed by atoms with Gasteiger partial charge in [0.1, 0.15) is 5.76 Å². The molecule has 2 atom stereocenters. The van der Waals surface area contributed by atoms with Crippen LogP contribution in [-0.2, 0) is 0 Å². The van der Waals surface area contributed by atoms with Crippen LogP contribution in [0.3, 0.4) is 0 Å². The fourth-order valence-electron chi connectivity index (χ4n) is 3.45. The van der Waals surface area contributed by atoms with Crippen LogP contribution in [0.2, 0.25) is 0 Å². The number of nitrogens with one attached hydrogen (secondary N) is 1. The molecule has 0 spiro atoms. The first-order chi connectivity index (χ1) is 10.3. The van der Waals surface area contributed by atoms with E-state index in [2.05, 4.69) is 12.2 Å². The van der Waals surface area contributed by atoms with Gasteiger partial charge in [0.25, 0.3) is 0 Å². The van der Waals surface area contributed by atoms with E-state index in [1.807, 2.05) is 12.1 Å². The van der Waals surface area contributed by atoms with Gasteiger partial charge in [0.05, 0.1) is 0 Å². The predicted molar refractivity (Wildman–Crippen MR) is 84.1 cm³/mol. The number of hydrogen-bond donors (Lipinski definition) is 1. The number of halogens is 1. The summed E-state index contributed by atoms with van der Waals surface area (Å²) in [5, 5.41) is 4.54. The van der Waals surface area contributed by atoms with Gasteiger partial charge in [-0.25, -0.2) is 4.39 Å². The highest BCUT2D eigenvalue weighted by molar-refractivity contribution is 5.78. The SMILES string of the molecule is CCCNC1CCCCCC1c1cc2cccc(F)c2o1. The number of hydrogen-bond acceptors (Lipinski definition) is 2. The van der Waals surface area contributed by atoms with E-state index in [-0.39, 0.29) is 5.82 Å². The molecule has 1 fully saturated rings. The van der Waals surface area contributed by atoms with E-state index in [0.29, 0.717) is 17.5 Å². The van der Waals surface area contributed by atoms with E-state index in [0.717, 1.165) is 30.5 Å². The third kappa shape index (κ3) is 3.13. The second-order valence-corrected chi connectivity index (χ2v) is 6.11. The van der Waals surface area contributed by atoms with Crippen LogP contribution in [-0.4, -0.2) is 12.6 Å². The summed E-state index contributed by atoms with van der Waals surface area (Å²) in [6, 6.07) is 7.63. The van der Waals surface area contributed by atoms with Gasteiger partial charge < -0.3 is 9.73 Å². The molecule has 3 rings (SSSR count). The molecule has 0 aliphatic heterocycles. The Hall–Kier alpha value is -1.35. The van der Waals surface area contributed by atoms with Gasteiger partial charge in [0, 0.05) is 17.3 Å². The van der Waals surface area contributed by atoms with Crippen LogP contribution in [0.25, 0.3) is 11.0 Å². The molecule has 2 aromatic rings. The van der Waals surface area contributed by atoms with Crippen molar-refractivity contribution < 1.29 is 8.81 Å². The first kappa shape index (κ1) is 14.6. The van der Waals surface area contributed by atoms with Crippen LogP contribution >= 0.6 is 0 Å². The van der Waals surface area contributed by atoms with Crippen molar-refractivity contribution in [3.05, 3.63) is 35.8 Å². The van der Waals surface area contributed by atoms with Gasteiger partial charge in [-0.1, -0.05) is 38.3 Å². The zero-order valence-electron chi connectivity index (χ0n) is 12.7. The van der Waals surface area contributed by atoms with Crippen molar-refractivity contribution >= 4 is 11.0 Å². The van der Waals surface area contributed by atoms with E-state index in [1.165, 1.54) is 31.7 Å². The maximum Gasteiger partial charge on any atom is 0.169 e. The maximum atomic E-state index is 13.8. The normalized spacial score (nSPS) is 23.3. The molecule has 0 bridgehead atoms. The minimum Gasteiger partial charge on any atom is -0.458 e. The van der Waals surface area contributed by atoms with Gasteiger partial charge >= 0.3 is 0 Å². The monoisotopic (exact) mass is 289 g/mol. The molecule has 2 unspecified atom stereocenters. The summed E-state index contributed by atoms with van der Waals surface area (Å²) >= 11 is 0. The van der Waals surface area contributed by atoms with Crippen LogP contribution in [0, 0.1) is 5.82 Å². The van der Waals surface area contributed by atoms with Gasteiger partial charge in [-0.05, 0) is 37.9 Å². The van der Waals surface area contributed by atoms with Crippen molar-refractivity contribution in [1.82, 2.24) is 5.32 Å². The molecular formula is C18H24FNO. The Labute approximate surface area is 125 Å². The largest absolute Gasteiger partial charge is 0.458 e. The Morgan fingerprint density at radius 3 is 2.90 bits per heavy atom. The third-order valence-electron chi connectivity index (χ3n) is 4.55. The highest BCUT2D eigenvalue weighted by Crippen LogP contribution is 2.35. The van der Waals surface area contributed by atoms with E-state index in [4.69, 9.17) is 4.42 Å². The van der Waals surface area contributed by atoms with E-state index in [1.54, 1.807) is 6.07 Å². The van der Waals surface area contributed by atoms with Crippen LogP contribution < -0.4 is 5.32 Å². The maximum absolute atomic E-state index is 13.8. The molecule has 0 saturated heterocycles. The lowest BCUT2D eigenvalue weighted by atomic mass is 9.92. The molecule has 114 valence electrons. The minimum absolute atomic E-state index is 0.259. The van der Waals surface area contributed by atoms with Crippen molar-refractivity contribution in [3.8, 4) is 0 Å². The highest BCUT2D eigenvalue weighted by atomic mass is 19.1. The number of furan rings is 1. The summed E-state index contributed by atoms with van der Waals surface area (Å²) in [6.07, 6.45) is 7.24. The topological polar surface area (TPSA) is 25.2 Å². The molecule has 0 amide bonds. The lowest BCUT2D eigenvalue weighted by Gasteiger charge is -2.24. The van der Waals surface area contributed by atoms with Crippen molar-refractivity contribution in [1.29, 1.82) is 0 Å². The Morgan fingerprint density at radius 1 is 1.24 bits per heavy atom. The molecule has 1 aromatic carbocycles. The Balaban J connectivity index is 1.90. The van der Waals surface area contributed by atoms with E-state index in [9.17, 15) is 4.39 Å². The summed E-state index contributed by atoms with van der Waals surface area (Å²) in [5.41, 5.74) is 0.408. The lowest BCUT2D eigenvalue weighted by molar-refractivity contribution is 0.362. The quantitative estimate of drug-likeness (QED) is 0.802. The second-order valence-electron chi connectivity index (χ2n) is 6.11. The summed E-state index contributed by atoms with van der Waals surface area (Å²) in [7, 11) is 0. The van der Waals surface area contributed by atoms with Crippen molar-refractivity contribution in [2.75, 3.05) is 6.54 Å². The first-order valence-electron chi connectivity index (χ1n) is 8.21. The molecule has 1 heterocycles. The van der Waals surface area contributed by atoms with Crippen LogP contribution in [0.5, 0.6) is 0 Å². The molecule has 3 heteroatoms. The number of para-hydroxylation sites is 1. The average Bonchev–Trinajstić information content (AvgIpc) is 2.79. The summed E-state index contributed by atoms with van der Waals surface area (Å²) in [4.78, 5) is 0. The summed E-state index contributed by atoms with van der Waals surface area (Å²) < 4.78 is 19.7. The second kappa shape index (κ2) is 6.61. The molecule has 21 heavy (non-hydrogen) atoms. The first-order valence-corrected chi connectivity index (χ1v) is 8.21. The van der Waals surface area contributed by atoms with Gasteiger partial charge in [0.15, 0.2) is 11.4 Å². The molecule has 2 nitrogen and oxygen atoms in total. The van der Waals surface area contributed by atoms with Crippen molar-refractivity contribution in [2.24, 2.45) is 0 Å². The summed E-state index contributed by atoms with van der Waals surface area (Å²) in [5.74, 6) is 1.06. The van der Waals surface area contributed by atoms with E-state index < -0.39 is 0 Å². The van der Waals surface area contributed by atoms with Crippen LogP contribution in [0.4, 0.5) is 4.39 Å². The third-order valence-corrected chi connectivity index (χ3v) is 4.55. The zero-order chi connectivity index (χ0) is 14.7. The minimum atomic E-state index is -0.259. The van der Waals surface area contributed by atoms with Crippen molar-refractivity contribution in [3.63, 3.8) is 0 Å². The fourth-order valence-corrected chi connectivity index (χ4v) is 3.45. The Kier molecular flexibility index (Phi) is 4.59. The molecule has 0 radical (unpaired) electrons. The summed E-state index contributed by atoms with van der Waals surface area (Å²) in [6.45, 7) is 3.23. The van der Waals surface area contributed by atoms with E-state index >= 15 is 0 Å². The zero-order valence-corrected chi connectivity index (χ0v) is 12.7. The number of rotatable bonds is 4. The average molecular weight is 289 g/mol. The highest BCUT2D eigenvalue weighted by Gasteiger charge is 2.27. The van der Waals surface area contributed by atoms with Gasteiger partial charge in [-0.2, -0.15) is 0 Å². The Bertz CT molecular complexity index is 592. The van der Waals surface area contributed by atoms with Gasteiger partial charge in [-0.15, -0.1) is 0 Å². The molecule has 1 aliphatic carbocycles. The molecule has 1 aliphatic rings. The van der Waals surface area contributed by atoms with Crippen LogP contribution in [0.15, 0.2) is 28.7 Å². The lowest BCUT2D eigenvalue weighted by Crippen LogP contribution is -2.34. The van der Waals surface area contributed by atoms with Gasteiger partial charge in [-0.3, -0.25) is 0 Å². The molecule has 1 N–H and O–H groups in total.